The van der Waals surface area contributed by atoms with Crippen molar-refractivity contribution < 1.29 is 27.8 Å². The van der Waals surface area contributed by atoms with Gasteiger partial charge in [-0.3, -0.25) is 10.2 Å². The van der Waals surface area contributed by atoms with E-state index in [4.69, 9.17) is 16.2 Å². The third kappa shape index (κ3) is 18.5. The first kappa shape index (κ1) is 20.1. The Bertz CT molecular complexity index is 197. The first-order chi connectivity index (χ1) is 6.74. The van der Waals surface area contributed by atoms with Crippen LogP contribution in [0.2, 0.25) is 0 Å². The molecule has 1 unspecified atom stereocenters. The van der Waals surface area contributed by atoms with Crippen molar-refractivity contribution in [3.8, 4) is 0 Å². The molecule has 0 amide bonds. The fourth-order valence-corrected chi connectivity index (χ4v) is 0.501. The Morgan fingerprint density at radius 3 is 2.12 bits per heavy atom. The van der Waals surface area contributed by atoms with E-state index >= 15 is 0 Å². The smallest absolute Gasteiger partial charge is 0.480 e. The van der Waals surface area contributed by atoms with Crippen LogP contribution >= 0.6 is 0 Å². The second-order valence-corrected chi connectivity index (χ2v) is 2.41. The maximum atomic E-state index is 10.7. The van der Waals surface area contributed by atoms with Gasteiger partial charge in [0.15, 0.2) is 6.40 Å². The van der Waals surface area contributed by atoms with Crippen molar-refractivity contribution in [3.05, 3.63) is 0 Å². The maximum absolute atomic E-state index is 10.7. The van der Waals surface area contributed by atoms with Gasteiger partial charge in [-0.15, -0.1) is 13.2 Å². The van der Waals surface area contributed by atoms with Gasteiger partial charge in [0.1, 0.15) is 6.04 Å². The fourth-order valence-electron chi connectivity index (χ4n) is 0.501. The minimum atomic E-state index is -4.69. The van der Waals surface area contributed by atoms with E-state index in [2.05, 4.69) is 4.74 Å². The second-order valence-electron chi connectivity index (χ2n) is 2.41. The lowest BCUT2D eigenvalue weighted by Gasteiger charge is -2.00. The number of ether oxygens (including phenoxy) is 1. The zero-order valence-corrected chi connectivity index (χ0v) is 8.04. The number of rotatable bonds is 4. The predicted octanol–water partition coefficient (Wildman–Crippen LogP) is 1.96. The number of hydrogen-bond acceptors (Lipinski definition) is 4. The van der Waals surface area contributed by atoms with Gasteiger partial charge in [0, 0.05) is 0 Å². The number of nitrogens with two attached hydrogens (primary N) is 1. The molecule has 0 radical (unpaired) electrons. The molecule has 1 atom stereocenters. The summed E-state index contributed by atoms with van der Waals surface area (Å²) in [5.74, 6) is -0.910. The number of carboxylic acids is 1. The summed E-state index contributed by atoms with van der Waals surface area (Å²) < 4.78 is 34.8. The van der Waals surface area contributed by atoms with Gasteiger partial charge in [-0.25, -0.2) is 0 Å². The van der Waals surface area contributed by atoms with Gasteiger partial charge in [-0.05, 0) is 6.42 Å². The summed E-state index contributed by atoms with van der Waals surface area (Å²) >= 11 is 0. The van der Waals surface area contributed by atoms with Gasteiger partial charge < -0.3 is 15.6 Å². The van der Waals surface area contributed by atoms with Crippen molar-refractivity contribution in [3.63, 3.8) is 0 Å². The molecule has 0 aliphatic heterocycles. The lowest BCUT2D eigenvalue weighted by atomic mass is 10.2. The summed E-state index contributed by atoms with van der Waals surface area (Å²) in [4.78, 5) is 9.96. The summed E-state index contributed by atoms with van der Waals surface area (Å²) in [6.07, 6.45) is -3.47. The van der Waals surface area contributed by atoms with Crippen LogP contribution < -0.4 is 5.73 Å². The Morgan fingerprint density at radius 2 is 2.06 bits per heavy atom. The van der Waals surface area contributed by atoms with E-state index in [1.807, 2.05) is 6.92 Å². The van der Waals surface area contributed by atoms with Gasteiger partial charge in [0.05, 0.1) is 0 Å². The van der Waals surface area contributed by atoms with E-state index in [-0.39, 0.29) is 13.8 Å². The average Bonchev–Trinajstić information content (AvgIpc) is 2.03. The van der Waals surface area contributed by atoms with Gasteiger partial charge in [-0.2, -0.15) is 0 Å². The van der Waals surface area contributed by atoms with Crippen molar-refractivity contribution >= 4 is 12.4 Å². The van der Waals surface area contributed by atoms with Crippen LogP contribution in [-0.4, -0.2) is 29.9 Å². The third-order valence-electron chi connectivity index (χ3n) is 1.11. The summed E-state index contributed by atoms with van der Waals surface area (Å²) in [5, 5.41) is 14.0. The van der Waals surface area contributed by atoms with Crippen molar-refractivity contribution in [2.24, 2.45) is 5.73 Å². The van der Waals surface area contributed by atoms with Crippen molar-refractivity contribution in [2.45, 2.75) is 39.6 Å². The first-order valence-electron chi connectivity index (χ1n) is 3.96. The number of alkyl halides is 3. The molecular formula is C8H17F3N2O3. The number of halogens is 3. The van der Waals surface area contributed by atoms with Gasteiger partial charge in [0.25, 0.3) is 0 Å². The number of carboxylic acid groups (broad SMARTS) is 1. The molecule has 0 aromatic rings. The van der Waals surface area contributed by atoms with E-state index in [1.54, 1.807) is 0 Å². The normalized spacial score (nSPS) is 11.3. The highest BCUT2D eigenvalue weighted by atomic mass is 19.4. The summed E-state index contributed by atoms with van der Waals surface area (Å²) in [6, 6.07) is -0.667. The number of aliphatic carboxylic acids is 1. The molecule has 0 fully saturated rings. The van der Waals surface area contributed by atoms with E-state index in [1.165, 1.54) is 0 Å². The Kier molecular flexibility index (Phi) is 12.9. The van der Waals surface area contributed by atoms with Crippen LogP contribution in [0, 0.1) is 5.41 Å². The average molecular weight is 246 g/mol. The van der Waals surface area contributed by atoms with E-state index in [0.717, 1.165) is 6.42 Å². The van der Waals surface area contributed by atoms with Crippen molar-refractivity contribution in [1.29, 1.82) is 5.41 Å². The highest BCUT2D eigenvalue weighted by Crippen LogP contribution is 2.13. The van der Waals surface area contributed by atoms with Crippen LogP contribution in [0.4, 0.5) is 13.2 Å². The number of carbonyl (C=O) groups is 1. The van der Waals surface area contributed by atoms with Crippen molar-refractivity contribution in [2.75, 3.05) is 0 Å². The van der Waals surface area contributed by atoms with Gasteiger partial charge in [0.2, 0.25) is 0 Å². The second kappa shape index (κ2) is 10.2. The van der Waals surface area contributed by atoms with E-state index < -0.39 is 18.4 Å². The van der Waals surface area contributed by atoms with Crippen LogP contribution in [0.1, 0.15) is 27.2 Å². The zero-order valence-electron chi connectivity index (χ0n) is 8.04. The SMILES string of the molecule is C.CCCC(N)C(=O)O.N=COC(F)(F)F. The third-order valence-corrected chi connectivity index (χ3v) is 1.11. The fraction of sp³-hybridized carbons (Fsp3) is 0.750. The lowest BCUT2D eigenvalue weighted by Crippen LogP contribution is -2.29. The first-order valence-corrected chi connectivity index (χ1v) is 3.96. The summed E-state index contributed by atoms with van der Waals surface area (Å²) in [6.45, 7) is 1.91. The summed E-state index contributed by atoms with van der Waals surface area (Å²) in [7, 11) is 0. The van der Waals surface area contributed by atoms with Gasteiger partial charge in [-0.1, -0.05) is 20.8 Å². The van der Waals surface area contributed by atoms with Crippen LogP contribution in [0.5, 0.6) is 0 Å². The van der Waals surface area contributed by atoms with E-state index in [0.29, 0.717) is 6.42 Å². The molecule has 0 aromatic heterocycles. The molecular weight excluding hydrogens is 229 g/mol. The predicted molar refractivity (Wildman–Crippen MR) is 53.2 cm³/mol. The molecule has 0 heterocycles. The minimum absolute atomic E-state index is 0. The highest BCUT2D eigenvalue weighted by Gasteiger charge is 2.28. The van der Waals surface area contributed by atoms with Gasteiger partial charge >= 0.3 is 12.3 Å². The maximum Gasteiger partial charge on any atom is 0.573 e. The molecule has 0 aliphatic carbocycles. The molecule has 0 spiro atoms. The standard InChI is InChI=1S/C5H11NO2.C2H2F3NO.CH4/c1-2-3-4(6)5(7)8;3-2(4,5)7-1-6;/h4H,2-3,6H2,1H3,(H,7,8);1,6H;1H4. The molecule has 5 nitrogen and oxygen atoms in total. The minimum Gasteiger partial charge on any atom is -0.480 e. The number of nitrogens with one attached hydrogen (secondary N) is 1. The Morgan fingerprint density at radius 1 is 1.62 bits per heavy atom. The Labute approximate surface area is 91.9 Å². The zero-order chi connectivity index (χ0) is 12.5. The quantitative estimate of drug-likeness (QED) is 0.521. The molecule has 0 bridgehead atoms. The highest BCUT2D eigenvalue weighted by molar-refractivity contribution is 5.72. The molecule has 0 aliphatic rings. The molecule has 8 heteroatoms. The largest absolute Gasteiger partial charge is 0.573 e. The molecule has 0 saturated carbocycles. The topological polar surface area (TPSA) is 96.4 Å². The van der Waals surface area contributed by atoms with Crippen molar-refractivity contribution in [1.82, 2.24) is 0 Å². The molecule has 16 heavy (non-hydrogen) atoms. The molecule has 0 aromatic carbocycles. The Hall–Kier alpha value is -1.31. The number of hydrogen-bond donors (Lipinski definition) is 3. The van der Waals surface area contributed by atoms with E-state index in [9.17, 15) is 18.0 Å². The Balaban J connectivity index is -0.000000200. The molecule has 4 N–H and O–H groups in total. The lowest BCUT2D eigenvalue weighted by molar-refractivity contribution is -0.280. The summed E-state index contributed by atoms with van der Waals surface area (Å²) in [5.41, 5.74) is 5.13. The molecule has 0 rings (SSSR count). The molecule has 0 saturated heterocycles. The van der Waals surface area contributed by atoms with Crippen LogP contribution in [-0.2, 0) is 9.53 Å². The monoisotopic (exact) mass is 246 g/mol. The molecule has 98 valence electrons. The van der Waals surface area contributed by atoms with Crippen LogP contribution in [0.25, 0.3) is 0 Å². The van der Waals surface area contributed by atoms with Crippen LogP contribution in [0.15, 0.2) is 0 Å². The van der Waals surface area contributed by atoms with Crippen LogP contribution in [0.3, 0.4) is 0 Å².